The van der Waals surface area contributed by atoms with E-state index in [4.69, 9.17) is 16.9 Å². The topological polar surface area (TPSA) is 328 Å². The van der Waals surface area contributed by atoms with Gasteiger partial charge in [0.05, 0.1) is 27.3 Å². The van der Waals surface area contributed by atoms with Gasteiger partial charge in [0.1, 0.15) is 58.6 Å². The smallest absolute Gasteiger partial charge is 0.352 e. The molecule has 4 aromatic carbocycles. The number of nitrogens with zero attached hydrogens (tertiary/aromatic N) is 5. The molecule has 4 heterocycles. The van der Waals surface area contributed by atoms with Crippen molar-refractivity contribution in [2.24, 2.45) is 23.7 Å². The van der Waals surface area contributed by atoms with Crippen LogP contribution in [0.2, 0.25) is 5.02 Å². The highest BCUT2D eigenvalue weighted by atomic mass is 79.9. The summed E-state index contributed by atoms with van der Waals surface area (Å²) < 4.78 is 53.4. The molecule has 117 heavy (non-hydrogen) atoms. The van der Waals surface area contributed by atoms with Gasteiger partial charge in [-0.3, -0.25) is 67.5 Å². The van der Waals surface area contributed by atoms with Gasteiger partial charge >= 0.3 is 6.18 Å². The molecule has 4 aliphatic rings. The van der Waals surface area contributed by atoms with Gasteiger partial charge in [-0.1, -0.05) is 82.4 Å². The number of rotatable bonds is 20. The summed E-state index contributed by atoms with van der Waals surface area (Å²) in [4.78, 5) is 166. The van der Waals surface area contributed by atoms with Crippen molar-refractivity contribution in [3.05, 3.63) is 254 Å². The van der Waals surface area contributed by atoms with Crippen LogP contribution in [0.15, 0.2) is 120 Å². The van der Waals surface area contributed by atoms with Gasteiger partial charge in [-0.05, 0) is 228 Å². The molecule has 4 amide bonds. The number of nitriles is 1. The van der Waals surface area contributed by atoms with E-state index in [9.17, 15) is 75.1 Å². The molecular formula is C90H91BrClF4N9O12. The Morgan fingerprint density at radius 1 is 0.453 bits per heavy atom. The highest BCUT2D eigenvalue weighted by Crippen LogP contribution is 2.42. The van der Waals surface area contributed by atoms with Crippen LogP contribution in [0.4, 0.5) is 17.6 Å². The summed E-state index contributed by atoms with van der Waals surface area (Å²) >= 11 is 9.29. The Morgan fingerprint density at radius 3 is 1.10 bits per heavy atom. The minimum atomic E-state index is -4.75. The fourth-order valence-corrected chi connectivity index (χ4v) is 17.2. The molecular weight excluding hydrogens is 1590 g/mol. The lowest BCUT2D eigenvalue weighted by Gasteiger charge is -2.16. The maximum Gasteiger partial charge on any atom is 0.434 e. The number of halogens is 6. The second-order valence-electron chi connectivity index (χ2n) is 30.5. The van der Waals surface area contributed by atoms with E-state index >= 15 is 0 Å². The highest BCUT2D eigenvalue weighted by molar-refractivity contribution is 9.10. The highest BCUT2D eigenvalue weighted by Gasteiger charge is 2.47. The maximum atomic E-state index is 13.6. The van der Waals surface area contributed by atoms with Crippen LogP contribution in [0.1, 0.15) is 217 Å². The van der Waals surface area contributed by atoms with Crippen LogP contribution in [0.25, 0.3) is 0 Å². The fourth-order valence-electron chi connectivity index (χ4n) is 16.6. The normalized spacial score (nSPS) is 18.9. The molecule has 4 fully saturated rings. The second kappa shape index (κ2) is 39.1. The molecule has 4 N–H and O–H groups in total. The second-order valence-corrected chi connectivity index (χ2v) is 31.9. The minimum Gasteiger partial charge on any atom is -0.352 e. The van der Waals surface area contributed by atoms with Crippen LogP contribution in [-0.4, -0.2) is 116 Å². The summed E-state index contributed by atoms with van der Waals surface area (Å²) in [7, 11) is 0. The van der Waals surface area contributed by atoms with Gasteiger partial charge in [0.15, 0.2) is 28.8 Å². The van der Waals surface area contributed by atoms with Crippen molar-refractivity contribution in [2.75, 3.05) is 26.2 Å². The van der Waals surface area contributed by atoms with Gasteiger partial charge < -0.3 is 21.3 Å². The standard InChI is InChI=1S/C23H22ClN3O3.C23H23F3N2O3.C22H23BrN2O3.C22H23FN2O3/c1-12-6-13(2)19(14(3)7-12)20-18(28)9-16(22(20)29)4-5-26-23(30)21-17(24)8-15(10-25)11-27-21;1-12-9-13(2)18(14(3)10-12)19-17(29)11-15(20(19)30)6-8-28-22(31)16-5-4-7-27-21(16)23(24,25)26;1-12-6-13(2)19(14(3)7-12)20-18(26)9-15(21(20)27)4-5-25-22(28)16-8-17(23)11-24-10-16;1-12-9-13(2)18(14(3)10-12)19-17(26)11-15(20(19)27)6-8-25-22(28)16-5-4-7-24-21(16)23/h6-8,11,16,20H,4-5,9H2,1-3H3,(H,26,30);4-5,7,9-10,15,19H,6,8,11H2,1-3H3,(H,28,31);6-8,10-11,15,20H,4-5,9H2,1-3H3,(H,25,28);4-5,7,9-10,15,19H,6,8,11H2,1-3H3,(H,25,28). The summed E-state index contributed by atoms with van der Waals surface area (Å²) in [6.45, 7) is 24.0. The molecule has 8 unspecified atom stereocenters. The molecule has 8 aromatic rings. The number of hydrogen-bond donors (Lipinski definition) is 4. The molecule has 0 bridgehead atoms. The van der Waals surface area contributed by atoms with Gasteiger partial charge in [-0.15, -0.1) is 0 Å². The van der Waals surface area contributed by atoms with E-state index in [-0.39, 0.29) is 132 Å². The van der Waals surface area contributed by atoms with Crippen LogP contribution in [-0.2, 0) is 44.5 Å². The van der Waals surface area contributed by atoms with E-state index in [0.717, 1.165) is 106 Å². The first-order valence-corrected chi connectivity index (χ1v) is 39.5. The molecule has 4 aliphatic carbocycles. The third kappa shape index (κ3) is 21.7. The van der Waals surface area contributed by atoms with Gasteiger partial charge in [-0.2, -0.15) is 22.8 Å². The summed E-state index contributed by atoms with van der Waals surface area (Å²) in [6, 6.07) is 25.9. The lowest BCUT2D eigenvalue weighted by molar-refractivity contribution is -0.141. The third-order valence-corrected chi connectivity index (χ3v) is 22.2. The lowest BCUT2D eigenvalue weighted by atomic mass is 9.86. The monoisotopic (exact) mass is 1680 g/mol. The van der Waals surface area contributed by atoms with Crippen molar-refractivity contribution in [1.29, 1.82) is 5.26 Å². The van der Waals surface area contributed by atoms with Gasteiger partial charge in [0.25, 0.3) is 23.6 Å². The summed E-state index contributed by atoms with van der Waals surface area (Å²) in [6.07, 6.45) is 3.86. The molecule has 21 nitrogen and oxygen atoms in total. The first-order valence-electron chi connectivity index (χ1n) is 38.3. The molecule has 4 saturated carbocycles. The maximum absolute atomic E-state index is 13.6. The van der Waals surface area contributed by atoms with Crippen LogP contribution < -0.4 is 21.3 Å². The van der Waals surface area contributed by atoms with Crippen LogP contribution in [0.5, 0.6) is 0 Å². The molecule has 12 rings (SSSR count). The van der Waals surface area contributed by atoms with Crippen molar-refractivity contribution in [3.63, 3.8) is 0 Å². The predicted octanol–water partition coefficient (Wildman–Crippen LogP) is 14.7. The largest absolute Gasteiger partial charge is 0.434 e. The molecule has 0 saturated heterocycles. The number of Topliss-reactive ketones (excluding diaryl/α,β-unsaturated/α-hetero) is 8. The Labute approximate surface area is 689 Å². The number of carbonyl (C=O) groups is 12. The lowest BCUT2D eigenvalue weighted by Crippen LogP contribution is -2.29. The Morgan fingerprint density at radius 2 is 0.778 bits per heavy atom. The van der Waals surface area contributed by atoms with Crippen molar-refractivity contribution in [3.8, 4) is 6.07 Å². The average Bonchev–Trinajstić information content (AvgIpc) is 1.64. The van der Waals surface area contributed by atoms with E-state index in [2.05, 4.69) is 57.1 Å². The van der Waals surface area contributed by atoms with Gasteiger partial charge in [0, 0.05) is 111 Å². The number of amides is 4. The quantitative estimate of drug-likeness (QED) is 0.0313. The van der Waals surface area contributed by atoms with Crippen molar-refractivity contribution < 1.29 is 75.1 Å². The molecule has 4 aromatic heterocycles. The number of carbonyl (C=O) groups excluding carboxylic acids is 12. The summed E-state index contributed by atoms with van der Waals surface area (Å²) in [5.41, 5.74) is 13.9. The van der Waals surface area contributed by atoms with E-state index < -0.39 is 82.5 Å². The number of pyridine rings is 4. The Hall–Kier alpha value is -11.3. The van der Waals surface area contributed by atoms with Crippen molar-refractivity contribution >= 4 is 97.4 Å². The number of ketones is 8. The zero-order valence-corrected chi connectivity index (χ0v) is 69.3. The SMILES string of the molecule is Cc1cc(C)c(C2C(=O)CC(CCNC(=O)c3cccnc3C(F)(F)F)C2=O)c(C)c1.Cc1cc(C)c(C2C(=O)CC(CCNC(=O)c3cccnc3F)C2=O)c(C)c1.Cc1cc(C)c(C2C(=O)CC(CCNC(=O)c3cncc(Br)c3)C2=O)c(C)c1.Cc1cc(C)c(C2C(=O)CC(CCNC(=O)c3ncc(C#N)cc3Cl)C2=O)c(C)c1. The first-order chi connectivity index (χ1) is 55.3. The average molecular weight is 1680 g/mol. The molecule has 27 heteroatoms. The van der Waals surface area contributed by atoms with E-state index in [1.165, 1.54) is 42.9 Å². The minimum absolute atomic E-state index is 0.0205. The van der Waals surface area contributed by atoms with Crippen LogP contribution in [0, 0.1) is 124 Å². The Balaban J connectivity index is 0.000000178. The molecule has 8 atom stereocenters. The molecule has 610 valence electrons. The zero-order valence-electron chi connectivity index (χ0n) is 67.0. The number of aryl methyl sites for hydroxylation is 12. The summed E-state index contributed by atoms with van der Waals surface area (Å²) in [5, 5.41) is 19.5. The van der Waals surface area contributed by atoms with Gasteiger partial charge in [0.2, 0.25) is 5.95 Å². The number of alkyl halides is 3. The van der Waals surface area contributed by atoms with Crippen LogP contribution >= 0.6 is 27.5 Å². The van der Waals surface area contributed by atoms with Crippen molar-refractivity contribution in [2.45, 2.75) is 164 Å². The van der Waals surface area contributed by atoms with Crippen LogP contribution in [0.3, 0.4) is 0 Å². The first kappa shape index (κ1) is 89.6. The number of aromatic nitrogens is 4. The van der Waals surface area contributed by atoms with E-state index in [1.807, 2.05) is 138 Å². The number of nitrogens with one attached hydrogen (secondary N) is 4. The predicted molar refractivity (Wildman–Crippen MR) is 433 cm³/mol. The third-order valence-electron chi connectivity index (χ3n) is 21.5. The van der Waals surface area contributed by atoms with E-state index in [0.29, 0.717) is 31.4 Å². The number of hydrogen-bond acceptors (Lipinski definition) is 17. The Kier molecular flexibility index (Phi) is 30.0. The summed E-state index contributed by atoms with van der Waals surface area (Å²) in [5.74, 6) is -8.52. The molecule has 0 aliphatic heterocycles. The number of benzene rings is 4. The van der Waals surface area contributed by atoms with Crippen molar-refractivity contribution in [1.82, 2.24) is 41.2 Å². The van der Waals surface area contributed by atoms with Gasteiger partial charge in [-0.25, -0.2) is 9.97 Å². The fraction of sp³-hybridized carbons (Fsp3) is 0.367. The van der Waals surface area contributed by atoms with E-state index in [1.54, 1.807) is 12.3 Å². The zero-order chi connectivity index (χ0) is 85.8. The molecule has 0 spiro atoms. The Bertz CT molecular complexity index is 5260. The molecule has 0 radical (unpaired) electrons.